The van der Waals surface area contributed by atoms with Gasteiger partial charge in [-0.1, -0.05) is 17.7 Å². The van der Waals surface area contributed by atoms with E-state index in [0.29, 0.717) is 16.3 Å². The van der Waals surface area contributed by atoms with Gasteiger partial charge in [0.25, 0.3) is 0 Å². The van der Waals surface area contributed by atoms with Gasteiger partial charge in [-0.25, -0.2) is 0 Å². The summed E-state index contributed by atoms with van der Waals surface area (Å²) in [6.45, 7) is 1.87. The summed E-state index contributed by atoms with van der Waals surface area (Å²) in [5.41, 5.74) is 7.02. The van der Waals surface area contributed by atoms with Crippen LogP contribution in [0.25, 0.3) is 0 Å². The zero-order valence-corrected chi connectivity index (χ0v) is 9.91. The maximum atomic E-state index is 10.7. The second kappa shape index (κ2) is 5.18. The van der Waals surface area contributed by atoms with Gasteiger partial charge < -0.3 is 15.6 Å². The van der Waals surface area contributed by atoms with Crippen LogP contribution in [0.2, 0.25) is 5.02 Å². The van der Waals surface area contributed by atoms with Crippen LogP contribution in [0.4, 0.5) is 0 Å². The molecule has 0 aliphatic heterocycles. The normalized spacial score (nSPS) is 12.2. The van der Waals surface area contributed by atoms with Crippen molar-refractivity contribution in [2.75, 3.05) is 7.11 Å². The molecule has 0 saturated carbocycles. The first kappa shape index (κ1) is 12.8. The second-order valence-corrected chi connectivity index (χ2v) is 3.93. The molecule has 0 spiro atoms. The summed E-state index contributed by atoms with van der Waals surface area (Å²) < 4.78 is 5.20. The van der Waals surface area contributed by atoms with Crippen LogP contribution < -0.4 is 10.5 Å². The Labute approximate surface area is 99.0 Å². The molecule has 0 radical (unpaired) electrons. The molecule has 5 heteroatoms. The molecule has 88 valence electrons. The lowest BCUT2D eigenvalue weighted by Crippen LogP contribution is -2.32. The highest BCUT2D eigenvalue weighted by Gasteiger charge is 2.18. The Hall–Kier alpha value is -1.26. The summed E-state index contributed by atoms with van der Waals surface area (Å²) in [5.74, 6) is -0.455. The number of carbonyl (C=O) groups is 1. The number of aliphatic carboxylic acids is 1. The van der Waals surface area contributed by atoms with Gasteiger partial charge in [0.1, 0.15) is 11.8 Å². The highest BCUT2D eigenvalue weighted by molar-refractivity contribution is 6.31. The van der Waals surface area contributed by atoms with Crippen molar-refractivity contribution in [3.05, 3.63) is 28.3 Å². The number of benzene rings is 1. The minimum atomic E-state index is -1.06. The predicted octanol–water partition coefficient (Wildman–Crippen LogP) is 1.61. The number of nitrogens with two attached hydrogens (primary N) is 1. The van der Waals surface area contributed by atoms with E-state index >= 15 is 0 Å². The maximum absolute atomic E-state index is 10.7. The quantitative estimate of drug-likeness (QED) is 0.843. The number of aryl methyl sites for hydroxylation is 1. The molecule has 0 amide bonds. The molecule has 1 unspecified atom stereocenters. The highest BCUT2D eigenvalue weighted by Crippen LogP contribution is 2.30. The fourth-order valence-electron chi connectivity index (χ4n) is 1.50. The van der Waals surface area contributed by atoms with Crippen molar-refractivity contribution in [2.24, 2.45) is 5.73 Å². The van der Waals surface area contributed by atoms with E-state index in [4.69, 9.17) is 27.2 Å². The average molecular weight is 244 g/mol. The van der Waals surface area contributed by atoms with Crippen LogP contribution in [0.15, 0.2) is 12.1 Å². The van der Waals surface area contributed by atoms with Gasteiger partial charge in [0.2, 0.25) is 0 Å². The topological polar surface area (TPSA) is 72.5 Å². The monoisotopic (exact) mass is 243 g/mol. The van der Waals surface area contributed by atoms with Gasteiger partial charge in [0, 0.05) is 17.0 Å². The molecule has 0 aromatic heterocycles. The fourth-order valence-corrected chi connectivity index (χ4v) is 1.73. The van der Waals surface area contributed by atoms with E-state index in [1.54, 1.807) is 6.07 Å². The van der Waals surface area contributed by atoms with E-state index in [0.717, 1.165) is 5.56 Å². The van der Waals surface area contributed by atoms with E-state index in [1.165, 1.54) is 7.11 Å². The van der Waals surface area contributed by atoms with Gasteiger partial charge in [-0.2, -0.15) is 0 Å². The first-order valence-corrected chi connectivity index (χ1v) is 5.15. The third kappa shape index (κ3) is 2.65. The molecule has 0 aliphatic rings. The Bertz CT molecular complexity index is 406. The molecule has 1 atom stereocenters. The lowest BCUT2D eigenvalue weighted by molar-refractivity contribution is -0.138. The van der Waals surface area contributed by atoms with Crippen LogP contribution in [0.3, 0.4) is 0 Å². The lowest BCUT2D eigenvalue weighted by atomic mass is 10.0. The van der Waals surface area contributed by atoms with Crippen LogP contribution in [-0.4, -0.2) is 24.2 Å². The van der Waals surface area contributed by atoms with Crippen LogP contribution in [0, 0.1) is 6.92 Å². The number of hydrogen-bond acceptors (Lipinski definition) is 3. The molecule has 0 saturated heterocycles. The van der Waals surface area contributed by atoms with Crippen molar-refractivity contribution in [1.82, 2.24) is 0 Å². The van der Waals surface area contributed by atoms with Gasteiger partial charge in [-0.15, -0.1) is 0 Å². The Morgan fingerprint density at radius 3 is 2.75 bits per heavy atom. The molecule has 4 nitrogen and oxygen atoms in total. The van der Waals surface area contributed by atoms with E-state index < -0.39 is 12.0 Å². The van der Waals surface area contributed by atoms with Crippen molar-refractivity contribution >= 4 is 17.6 Å². The molecule has 1 rings (SSSR count). The summed E-state index contributed by atoms with van der Waals surface area (Å²) in [4.78, 5) is 10.7. The van der Waals surface area contributed by atoms with Gasteiger partial charge >= 0.3 is 5.97 Å². The number of carboxylic acids is 1. The Morgan fingerprint density at radius 2 is 2.25 bits per heavy atom. The molecule has 16 heavy (non-hydrogen) atoms. The number of hydrogen-bond donors (Lipinski definition) is 2. The Kier molecular flexibility index (Phi) is 4.15. The van der Waals surface area contributed by atoms with E-state index in [2.05, 4.69) is 0 Å². The Balaban J connectivity index is 3.11. The summed E-state index contributed by atoms with van der Waals surface area (Å²) >= 11 is 6.00. The highest BCUT2D eigenvalue weighted by atomic mass is 35.5. The number of rotatable bonds is 4. The summed E-state index contributed by atoms with van der Waals surface area (Å²) in [7, 11) is 1.52. The zero-order chi connectivity index (χ0) is 12.3. The van der Waals surface area contributed by atoms with E-state index in [-0.39, 0.29) is 6.42 Å². The second-order valence-electron chi connectivity index (χ2n) is 3.52. The van der Waals surface area contributed by atoms with Crippen molar-refractivity contribution in [3.8, 4) is 5.75 Å². The third-order valence-electron chi connectivity index (χ3n) is 2.35. The van der Waals surface area contributed by atoms with E-state index in [9.17, 15) is 4.79 Å². The van der Waals surface area contributed by atoms with Crippen LogP contribution in [0.5, 0.6) is 5.75 Å². The first-order valence-electron chi connectivity index (χ1n) is 4.77. The zero-order valence-electron chi connectivity index (χ0n) is 9.16. The maximum Gasteiger partial charge on any atom is 0.320 e. The van der Waals surface area contributed by atoms with Gasteiger partial charge in [0.05, 0.1) is 7.11 Å². The SMILES string of the molecule is COc1c(C)ccc(Cl)c1CC(N)C(=O)O. The van der Waals surface area contributed by atoms with Crippen LogP contribution in [-0.2, 0) is 11.2 Å². The summed E-state index contributed by atoms with van der Waals surface area (Å²) in [6.07, 6.45) is 0.152. The number of methoxy groups -OCH3 is 1. The van der Waals surface area contributed by atoms with Crippen molar-refractivity contribution in [1.29, 1.82) is 0 Å². The lowest BCUT2D eigenvalue weighted by Gasteiger charge is -2.14. The fraction of sp³-hybridized carbons (Fsp3) is 0.364. The molecule has 0 aliphatic carbocycles. The third-order valence-corrected chi connectivity index (χ3v) is 2.70. The molecular formula is C11H14ClNO3. The smallest absolute Gasteiger partial charge is 0.320 e. The molecule has 0 bridgehead atoms. The molecule has 0 heterocycles. The molecule has 1 aromatic carbocycles. The van der Waals surface area contributed by atoms with Gasteiger partial charge in [-0.3, -0.25) is 4.79 Å². The van der Waals surface area contributed by atoms with Gasteiger partial charge in [0.15, 0.2) is 0 Å². The molecule has 3 N–H and O–H groups in total. The molecular weight excluding hydrogens is 230 g/mol. The minimum Gasteiger partial charge on any atom is -0.496 e. The van der Waals surface area contributed by atoms with Gasteiger partial charge in [-0.05, 0) is 18.6 Å². The van der Waals surface area contributed by atoms with Crippen molar-refractivity contribution in [3.63, 3.8) is 0 Å². The first-order chi connectivity index (χ1) is 7.47. The van der Waals surface area contributed by atoms with Crippen LogP contribution >= 0.6 is 11.6 Å². The largest absolute Gasteiger partial charge is 0.496 e. The van der Waals surface area contributed by atoms with Crippen molar-refractivity contribution < 1.29 is 14.6 Å². The van der Waals surface area contributed by atoms with Crippen LogP contribution in [0.1, 0.15) is 11.1 Å². The Morgan fingerprint density at radius 1 is 1.62 bits per heavy atom. The number of ether oxygens (including phenoxy) is 1. The standard InChI is InChI=1S/C11H14ClNO3/c1-6-3-4-8(12)7(10(6)16-2)5-9(13)11(14)15/h3-4,9H,5,13H2,1-2H3,(H,14,15). The summed E-state index contributed by atoms with van der Waals surface area (Å²) in [5, 5.41) is 9.23. The molecule has 0 fully saturated rings. The average Bonchev–Trinajstić information content (AvgIpc) is 2.23. The van der Waals surface area contributed by atoms with E-state index in [1.807, 2.05) is 13.0 Å². The summed E-state index contributed by atoms with van der Waals surface area (Å²) in [6, 6.07) is 2.55. The number of carboxylic acid groups (broad SMARTS) is 1. The predicted molar refractivity (Wildman–Crippen MR) is 62.1 cm³/mol. The number of halogens is 1. The van der Waals surface area contributed by atoms with Crippen molar-refractivity contribution in [2.45, 2.75) is 19.4 Å². The minimum absolute atomic E-state index is 0.152. The molecule has 1 aromatic rings.